The van der Waals surface area contributed by atoms with Gasteiger partial charge in [0.1, 0.15) is 11.1 Å². The average Bonchev–Trinajstić information content (AvgIpc) is 3.28. The minimum atomic E-state index is -0.452. The summed E-state index contributed by atoms with van der Waals surface area (Å²) in [6, 6.07) is 23.6. The third kappa shape index (κ3) is 5.05. The molecule has 2 heterocycles. The first-order chi connectivity index (χ1) is 15.5. The molecule has 7 heteroatoms. The summed E-state index contributed by atoms with van der Waals surface area (Å²) in [5.74, 6) is -0.185. The Labute approximate surface area is 195 Å². The van der Waals surface area contributed by atoms with Crippen molar-refractivity contribution in [3.05, 3.63) is 83.2 Å². The quantitative estimate of drug-likeness (QED) is 0.351. The van der Waals surface area contributed by atoms with Gasteiger partial charge in [-0.25, -0.2) is 9.97 Å². The summed E-state index contributed by atoms with van der Waals surface area (Å²) >= 11 is 2.65. The fourth-order valence-corrected chi connectivity index (χ4v) is 4.62. The second kappa shape index (κ2) is 9.77. The van der Waals surface area contributed by atoms with E-state index in [-0.39, 0.29) is 5.91 Å². The van der Waals surface area contributed by atoms with Crippen molar-refractivity contribution in [3.63, 3.8) is 0 Å². The molecule has 4 aromatic rings. The maximum Gasteiger partial charge on any atom is 0.239 e. The fraction of sp³-hybridized carbons (Fsp3) is 0.120. The number of benzene rings is 2. The molecular weight excluding hydrogens is 436 g/mol. The Balaban J connectivity index is 1.47. The summed E-state index contributed by atoms with van der Waals surface area (Å²) in [4.78, 5) is 22.0. The van der Waals surface area contributed by atoms with Crippen LogP contribution in [0.4, 0.5) is 5.13 Å². The minimum absolute atomic E-state index is 0.185. The highest BCUT2D eigenvalue weighted by Crippen LogP contribution is 2.30. The predicted octanol–water partition coefficient (Wildman–Crippen LogP) is 6.17. The first kappa shape index (κ1) is 21.8. The van der Waals surface area contributed by atoms with Crippen LogP contribution in [0.15, 0.2) is 77.1 Å². The molecule has 1 amide bonds. The highest BCUT2D eigenvalue weighted by molar-refractivity contribution is 8.00. The van der Waals surface area contributed by atoms with Crippen molar-refractivity contribution < 1.29 is 4.79 Å². The van der Waals surface area contributed by atoms with E-state index >= 15 is 0 Å². The molecule has 5 nitrogen and oxygen atoms in total. The topological polar surface area (TPSA) is 78.7 Å². The van der Waals surface area contributed by atoms with Crippen LogP contribution in [0.5, 0.6) is 0 Å². The van der Waals surface area contributed by atoms with Gasteiger partial charge < -0.3 is 5.32 Å². The molecule has 0 fully saturated rings. The number of aromatic nitrogens is 2. The maximum absolute atomic E-state index is 12.8. The monoisotopic (exact) mass is 456 g/mol. The molecule has 0 aliphatic rings. The molecule has 158 valence electrons. The zero-order chi connectivity index (χ0) is 22.5. The first-order valence-electron chi connectivity index (χ1n) is 10.00. The van der Waals surface area contributed by atoms with Gasteiger partial charge in [-0.05, 0) is 26.0 Å². The number of anilines is 1. The number of carbonyl (C=O) groups is 1. The largest absolute Gasteiger partial charge is 0.301 e. The molecule has 2 aromatic heterocycles. The number of nitriles is 1. The highest BCUT2D eigenvalue weighted by atomic mass is 32.2. The summed E-state index contributed by atoms with van der Waals surface area (Å²) in [6.45, 7) is 3.84. The van der Waals surface area contributed by atoms with Gasteiger partial charge in [-0.2, -0.15) is 5.26 Å². The van der Waals surface area contributed by atoms with Crippen molar-refractivity contribution in [3.8, 4) is 28.6 Å². The lowest BCUT2D eigenvalue weighted by atomic mass is 10.1. The van der Waals surface area contributed by atoms with E-state index in [1.807, 2.05) is 73.0 Å². The van der Waals surface area contributed by atoms with Gasteiger partial charge >= 0.3 is 0 Å². The molecule has 4 rings (SSSR count). The average molecular weight is 457 g/mol. The number of hydrogen-bond donors (Lipinski definition) is 1. The van der Waals surface area contributed by atoms with Crippen LogP contribution in [-0.2, 0) is 4.79 Å². The highest BCUT2D eigenvalue weighted by Gasteiger charge is 2.19. The Kier molecular flexibility index (Phi) is 6.64. The molecule has 0 bridgehead atoms. The zero-order valence-corrected chi connectivity index (χ0v) is 19.2. The normalized spacial score (nSPS) is 11.5. The van der Waals surface area contributed by atoms with Crippen LogP contribution >= 0.6 is 23.1 Å². The summed E-state index contributed by atoms with van der Waals surface area (Å²) in [5, 5.41) is 14.9. The lowest BCUT2D eigenvalue weighted by Crippen LogP contribution is -2.22. The Hall–Kier alpha value is -3.47. The summed E-state index contributed by atoms with van der Waals surface area (Å²) in [5.41, 5.74) is 5.20. The van der Waals surface area contributed by atoms with Crippen molar-refractivity contribution in [2.24, 2.45) is 0 Å². The minimum Gasteiger partial charge on any atom is -0.301 e. The van der Waals surface area contributed by atoms with E-state index in [0.29, 0.717) is 15.7 Å². The van der Waals surface area contributed by atoms with Gasteiger partial charge in [0, 0.05) is 16.5 Å². The number of rotatable bonds is 6. The van der Waals surface area contributed by atoms with Gasteiger partial charge in [-0.3, -0.25) is 4.79 Å². The molecule has 0 aliphatic carbocycles. The Bertz CT molecular complexity index is 1280. The Morgan fingerprint density at radius 2 is 1.72 bits per heavy atom. The Morgan fingerprint density at radius 1 is 1.00 bits per heavy atom. The standard InChI is InChI=1S/C25H20N4OS2/c1-16-8-10-19(11-9-16)22-15-31-25(28-22)29-23(30)17(2)32-24-20(14-26)12-13-21(27-24)18-6-4-3-5-7-18/h3-13,15,17H,1-2H3,(H,28,29,30). The number of nitrogens with one attached hydrogen (secondary N) is 1. The lowest BCUT2D eigenvalue weighted by Gasteiger charge is -2.12. The summed E-state index contributed by atoms with van der Waals surface area (Å²) in [6.07, 6.45) is 0. The van der Waals surface area contributed by atoms with Gasteiger partial charge in [0.05, 0.1) is 22.2 Å². The fourth-order valence-electron chi connectivity index (χ4n) is 3.00. The van der Waals surface area contributed by atoms with E-state index in [4.69, 9.17) is 0 Å². The van der Waals surface area contributed by atoms with Crippen molar-refractivity contribution >= 4 is 34.1 Å². The second-order valence-electron chi connectivity index (χ2n) is 7.18. The van der Waals surface area contributed by atoms with Crippen LogP contribution in [-0.4, -0.2) is 21.1 Å². The molecule has 1 unspecified atom stereocenters. The van der Waals surface area contributed by atoms with E-state index in [1.165, 1.54) is 28.7 Å². The smallest absolute Gasteiger partial charge is 0.239 e. The van der Waals surface area contributed by atoms with Crippen molar-refractivity contribution in [2.45, 2.75) is 24.1 Å². The molecule has 32 heavy (non-hydrogen) atoms. The number of nitrogens with zero attached hydrogens (tertiary/aromatic N) is 3. The molecule has 0 spiro atoms. The molecule has 0 radical (unpaired) electrons. The van der Waals surface area contributed by atoms with Crippen LogP contribution in [0.25, 0.3) is 22.5 Å². The van der Waals surface area contributed by atoms with E-state index in [2.05, 4.69) is 21.4 Å². The van der Waals surface area contributed by atoms with Crippen LogP contribution in [0, 0.1) is 18.3 Å². The van der Waals surface area contributed by atoms with Crippen LogP contribution < -0.4 is 5.32 Å². The summed E-state index contributed by atoms with van der Waals surface area (Å²) < 4.78 is 0. The van der Waals surface area contributed by atoms with Crippen molar-refractivity contribution in [1.82, 2.24) is 9.97 Å². The zero-order valence-electron chi connectivity index (χ0n) is 17.6. The molecule has 0 aliphatic heterocycles. The van der Waals surface area contributed by atoms with E-state index < -0.39 is 5.25 Å². The second-order valence-corrected chi connectivity index (χ2v) is 9.37. The number of hydrogen-bond acceptors (Lipinski definition) is 6. The van der Waals surface area contributed by atoms with Crippen LogP contribution in [0.3, 0.4) is 0 Å². The lowest BCUT2D eigenvalue weighted by molar-refractivity contribution is -0.115. The van der Waals surface area contributed by atoms with Crippen molar-refractivity contribution in [2.75, 3.05) is 5.32 Å². The Morgan fingerprint density at radius 3 is 2.44 bits per heavy atom. The van der Waals surface area contributed by atoms with Gasteiger partial charge in [0.2, 0.25) is 5.91 Å². The third-order valence-corrected chi connectivity index (χ3v) is 6.65. The van der Waals surface area contributed by atoms with E-state index in [0.717, 1.165) is 22.5 Å². The first-order valence-corrected chi connectivity index (χ1v) is 11.8. The predicted molar refractivity (Wildman–Crippen MR) is 131 cm³/mol. The third-order valence-electron chi connectivity index (χ3n) is 4.79. The van der Waals surface area contributed by atoms with Crippen LogP contribution in [0.2, 0.25) is 0 Å². The molecule has 1 N–H and O–H groups in total. The molecular formula is C25H20N4OS2. The number of carbonyl (C=O) groups excluding carboxylic acids is 1. The van der Waals surface area contributed by atoms with Gasteiger partial charge in [-0.1, -0.05) is 71.9 Å². The SMILES string of the molecule is Cc1ccc(-c2csc(NC(=O)C(C)Sc3nc(-c4ccccc4)ccc3C#N)n2)cc1. The molecule has 1 atom stereocenters. The van der Waals surface area contributed by atoms with E-state index in [9.17, 15) is 10.1 Å². The maximum atomic E-state index is 12.8. The molecule has 0 saturated carbocycles. The number of aryl methyl sites for hydroxylation is 1. The van der Waals surface area contributed by atoms with Crippen molar-refractivity contribution in [1.29, 1.82) is 5.26 Å². The molecule has 0 saturated heterocycles. The summed E-state index contributed by atoms with van der Waals surface area (Å²) in [7, 11) is 0. The number of pyridine rings is 1. The number of thioether (sulfide) groups is 1. The van der Waals surface area contributed by atoms with Gasteiger partial charge in [0.25, 0.3) is 0 Å². The number of amides is 1. The van der Waals surface area contributed by atoms with Gasteiger partial charge in [0.15, 0.2) is 5.13 Å². The van der Waals surface area contributed by atoms with E-state index in [1.54, 1.807) is 13.0 Å². The van der Waals surface area contributed by atoms with Crippen LogP contribution in [0.1, 0.15) is 18.1 Å². The van der Waals surface area contributed by atoms with Gasteiger partial charge in [-0.15, -0.1) is 11.3 Å². The number of thiazole rings is 1. The molecule has 2 aromatic carbocycles.